The second-order valence-electron chi connectivity index (χ2n) is 3.29. The molecule has 1 unspecified atom stereocenters. The van der Waals surface area contributed by atoms with Crippen LogP contribution in [0.5, 0.6) is 0 Å². The van der Waals surface area contributed by atoms with Crippen LogP contribution < -0.4 is 0 Å². The quantitative estimate of drug-likeness (QED) is 0.410. The first kappa shape index (κ1) is 8.53. The molecule has 60 valence electrons. The van der Waals surface area contributed by atoms with Crippen molar-refractivity contribution in [2.75, 3.05) is 6.16 Å². The van der Waals surface area contributed by atoms with E-state index in [1.54, 1.807) is 12.8 Å². The minimum Gasteiger partial charge on any atom is -0.119 e. The summed E-state index contributed by atoms with van der Waals surface area (Å²) in [5, 5.41) is 0. The van der Waals surface area contributed by atoms with Gasteiger partial charge in [-0.15, -0.1) is 8.58 Å². The minimum atomic E-state index is 1.18. The van der Waals surface area contributed by atoms with Gasteiger partial charge in [0.15, 0.2) is 0 Å². The second-order valence-corrected chi connectivity index (χ2v) is 5.01. The van der Waals surface area contributed by atoms with Crippen molar-refractivity contribution in [2.24, 2.45) is 0 Å². The van der Waals surface area contributed by atoms with E-state index >= 15 is 0 Å². The molecule has 1 rings (SSSR count). The van der Waals surface area contributed by atoms with Crippen LogP contribution in [-0.4, -0.2) is 11.8 Å². The SMILES string of the molecule is CCCCCCPC1CC1. The molecule has 0 saturated heterocycles. The van der Waals surface area contributed by atoms with Crippen LogP contribution >= 0.6 is 8.58 Å². The summed E-state index contributed by atoms with van der Waals surface area (Å²) in [6.07, 6.45) is 10.4. The predicted octanol–water partition coefficient (Wildman–Crippen LogP) is 3.41. The molecule has 0 aromatic rings. The molecular weight excluding hydrogens is 139 g/mol. The van der Waals surface area contributed by atoms with Crippen molar-refractivity contribution in [3.8, 4) is 0 Å². The molecule has 0 amide bonds. The van der Waals surface area contributed by atoms with Crippen LogP contribution in [0.4, 0.5) is 0 Å². The lowest BCUT2D eigenvalue weighted by Gasteiger charge is -1.97. The van der Waals surface area contributed by atoms with Crippen LogP contribution in [0, 0.1) is 0 Å². The lowest BCUT2D eigenvalue weighted by Crippen LogP contribution is -1.79. The summed E-state index contributed by atoms with van der Waals surface area (Å²) in [7, 11) is 1.31. The molecule has 1 saturated carbocycles. The molecule has 0 radical (unpaired) electrons. The summed E-state index contributed by atoms with van der Waals surface area (Å²) in [6, 6.07) is 0. The molecule has 0 bridgehead atoms. The van der Waals surface area contributed by atoms with Gasteiger partial charge in [-0.25, -0.2) is 0 Å². The summed E-state index contributed by atoms with van der Waals surface area (Å²) in [4.78, 5) is 0. The van der Waals surface area contributed by atoms with Crippen molar-refractivity contribution in [1.82, 2.24) is 0 Å². The van der Waals surface area contributed by atoms with Crippen molar-refractivity contribution in [3.63, 3.8) is 0 Å². The van der Waals surface area contributed by atoms with Crippen LogP contribution in [0.2, 0.25) is 0 Å². The molecule has 0 aromatic heterocycles. The van der Waals surface area contributed by atoms with Gasteiger partial charge in [-0.1, -0.05) is 26.2 Å². The Kier molecular flexibility index (Phi) is 4.37. The predicted molar refractivity (Wildman–Crippen MR) is 50.3 cm³/mol. The molecule has 1 aliphatic carbocycles. The molecule has 0 spiro atoms. The zero-order valence-electron chi connectivity index (χ0n) is 7.03. The molecule has 1 heteroatoms. The van der Waals surface area contributed by atoms with E-state index in [1.165, 1.54) is 46.1 Å². The third-order valence-corrected chi connectivity index (χ3v) is 3.84. The van der Waals surface area contributed by atoms with Gasteiger partial charge >= 0.3 is 0 Å². The molecular formula is C9H19P. The maximum atomic E-state index is 2.28. The number of hydrogen-bond donors (Lipinski definition) is 0. The average Bonchev–Trinajstić information content (AvgIpc) is 2.71. The highest BCUT2D eigenvalue weighted by atomic mass is 31.1. The maximum absolute atomic E-state index is 2.28. The second kappa shape index (κ2) is 5.13. The fourth-order valence-electron chi connectivity index (χ4n) is 1.15. The number of unbranched alkanes of at least 4 members (excludes halogenated alkanes) is 3. The van der Waals surface area contributed by atoms with E-state index in [2.05, 4.69) is 6.92 Å². The Labute approximate surface area is 66.6 Å². The van der Waals surface area contributed by atoms with Gasteiger partial charge in [-0.2, -0.15) is 0 Å². The Hall–Kier alpha value is 0.430. The van der Waals surface area contributed by atoms with Gasteiger partial charge in [-0.05, 0) is 31.1 Å². The van der Waals surface area contributed by atoms with Gasteiger partial charge in [0.2, 0.25) is 0 Å². The van der Waals surface area contributed by atoms with Crippen LogP contribution in [0.3, 0.4) is 0 Å². The average molecular weight is 158 g/mol. The summed E-state index contributed by atoms with van der Waals surface area (Å²) in [6.45, 7) is 2.28. The zero-order valence-corrected chi connectivity index (χ0v) is 8.03. The summed E-state index contributed by atoms with van der Waals surface area (Å²) >= 11 is 0. The van der Waals surface area contributed by atoms with E-state index in [4.69, 9.17) is 0 Å². The van der Waals surface area contributed by atoms with Crippen molar-refractivity contribution in [2.45, 2.75) is 51.1 Å². The van der Waals surface area contributed by atoms with E-state index < -0.39 is 0 Å². The standard InChI is InChI=1S/C9H19P/c1-2-3-4-5-8-10-9-6-7-9/h9-10H,2-8H2,1H3. The third-order valence-electron chi connectivity index (χ3n) is 2.04. The molecule has 0 aromatic carbocycles. The number of rotatable bonds is 6. The van der Waals surface area contributed by atoms with Gasteiger partial charge in [0.25, 0.3) is 0 Å². The first-order chi connectivity index (χ1) is 4.93. The van der Waals surface area contributed by atoms with E-state index in [1.807, 2.05) is 0 Å². The topological polar surface area (TPSA) is 0 Å². The van der Waals surface area contributed by atoms with E-state index in [9.17, 15) is 0 Å². The van der Waals surface area contributed by atoms with Crippen LogP contribution in [0.1, 0.15) is 45.4 Å². The van der Waals surface area contributed by atoms with Crippen LogP contribution in [0.25, 0.3) is 0 Å². The first-order valence-corrected chi connectivity index (χ1v) is 5.95. The van der Waals surface area contributed by atoms with E-state index in [-0.39, 0.29) is 0 Å². The molecule has 10 heavy (non-hydrogen) atoms. The molecule has 1 fully saturated rings. The summed E-state index contributed by atoms with van der Waals surface area (Å²) in [5.74, 6) is 0. The summed E-state index contributed by atoms with van der Waals surface area (Å²) < 4.78 is 0. The largest absolute Gasteiger partial charge is 0.119 e. The van der Waals surface area contributed by atoms with Crippen LogP contribution in [0.15, 0.2) is 0 Å². The Morgan fingerprint density at radius 3 is 2.60 bits per heavy atom. The van der Waals surface area contributed by atoms with Gasteiger partial charge < -0.3 is 0 Å². The third kappa shape index (κ3) is 4.28. The van der Waals surface area contributed by atoms with Crippen LogP contribution in [-0.2, 0) is 0 Å². The zero-order chi connectivity index (χ0) is 7.23. The van der Waals surface area contributed by atoms with Gasteiger partial charge in [0.1, 0.15) is 0 Å². The molecule has 1 aliphatic rings. The minimum absolute atomic E-state index is 1.18. The molecule has 0 aliphatic heterocycles. The highest BCUT2D eigenvalue weighted by molar-refractivity contribution is 7.39. The first-order valence-electron chi connectivity index (χ1n) is 4.67. The molecule has 0 nitrogen and oxygen atoms in total. The van der Waals surface area contributed by atoms with Crippen molar-refractivity contribution >= 4 is 8.58 Å². The fraction of sp³-hybridized carbons (Fsp3) is 1.00. The smallest absolute Gasteiger partial charge is 0.0236 e. The maximum Gasteiger partial charge on any atom is -0.0236 e. The molecule has 0 heterocycles. The van der Waals surface area contributed by atoms with Crippen molar-refractivity contribution < 1.29 is 0 Å². The summed E-state index contributed by atoms with van der Waals surface area (Å²) in [5.41, 5.74) is 1.18. The van der Waals surface area contributed by atoms with Gasteiger partial charge in [0, 0.05) is 0 Å². The van der Waals surface area contributed by atoms with E-state index in [0.717, 1.165) is 0 Å². The highest BCUT2D eigenvalue weighted by Crippen LogP contribution is 2.39. The highest BCUT2D eigenvalue weighted by Gasteiger charge is 2.19. The molecule has 0 N–H and O–H groups in total. The number of hydrogen-bond acceptors (Lipinski definition) is 0. The fourth-order valence-corrected chi connectivity index (χ4v) is 2.58. The monoisotopic (exact) mass is 158 g/mol. The van der Waals surface area contributed by atoms with Gasteiger partial charge in [-0.3, -0.25) is 0 Å². The lowest BCUT2D eigenvalue weighted by atomic mass is 10.2. The van der Waals surface area contributed by atoms with Gasteiger partial charge in [0.05, 0.1) is 0 Å². The molecule has 1 atom stereocenters. The van der Waals surface area contributed by atoms with Crippen molar-refractivity contribution in [1.29, 1.82) is 0 Å². The van der Waals surface area contributed by atoms with E-state index in [0.29, 0.717) is 0 Å². The Morgan fingerprint density at radius 2 is 2.00 bits per heavy atom. The Balaban J connectivity index is 1.68. The normalized spacial score (nSPS) is 18.9. The Morgan fingerprint density at radius 1 is 1.20 bits per heavy atom. The Bertz CT molecular complexity index is 76.8. The van der Waals surface area contributed by atoms with Crippen molar-refractivity contribution in [3.05, 3.63) is 0 Å². The lowest BCUT2D eigenvalue weighted by molar-refractivity contribution is 0.705.